The summed E-state index contributed by atoms with van der Waals surface area (Å²) in [5, 5.41) is 6.47. The van der Waals surface area contributed by atoms with Crippen LogP contribution >= 0.6 is 11.8 Å². The molecule has 116 valence electrons. The number of para-hydroxylation sites is 1. The molecule has 2 amide bonds. The summed E-state index contributed by atoms with van der Waals surface area (Å²) in [7, 11) is 1.54. The monoisotopic (exact) mass is 319 g/mol. The molecule has 2 aromatic rings. The molecule has 0 unspecified atom stereocenters. The maximum atomic E-state index is 12.1. The quantitative estimate of drug-likeness (QED) is 0.857. The fourth-order valence-electron chi connectivity index (χ4n) is 1.88. The molecule has 22 heavy (non-hydrogen) atoms. The van der Waals surface area contributed by atoms with E-state index in [0.29, 0.717) is 5.69 Å². The second-order valence-corrected chi connectivity index (χ2v) is 5.59. The lowest BCUT2D eigenvalue weighted by Gasteiger charge is -2.16. The van der Waals surface area contributed by atoms with E-state index in [4.69, 9.17) is 4.52 Å². The smallest absolute Gasteiger partial charge is 0.292 e. The van der Waals surface area contributed by atoms with Crippen molar-refractivity contribution in [2.75, 3.05) is 25.2 Å². The van der Waals surface area contributed by atoms with Gasteiger partial charge in [0, 0.05) is 18.0 Å². The zero-order valence-electron chi connectivity index (χ0n) is 12.6. The Balaban J connectivity index is 1.98. The minimum atomic E-state index is -0.381. The Hall–Kier alpha value is -2.28. The Morgan fingerprint density at radius 3 is 2.73 bits per heavy atom. The second kappa shape index (κ2) is 7.13. The molecule has 2 rings (SSSR count). The number of rotatable bonds is 5. The first-order valence-electron chi connectivity index (χ1n) is 6.63. The van der Waals surface area contributed by atoms with Gasteiger partial charge in [0.15, 0.2) is 0 Å². The average Bonchev–Trinajstić information content (AvgIpc) is 2.93. The summed E-state index contributed by atoms with van der Waals surface area (Å²) in [6.45, 7) is 1.66. The lowest BCUT2D eigenvalue weighted by molar-refractivity contribution is -0.116. The Morgan fingerprint density at radius 2 is 2.09 bits per heavy atom. The van der Waals surface area contributed by atoms with E-state index < -0.39 is 0 Å². The first kappa shape index (κ1) is 16.1. The van der Waals surface area contributed by atoms with Gasteiger partial charge < -0.3 is 14.7 Å². The fraction of sp³-hybridized carbons (Fsp3) is 0.267. The van der Waals surface area contributed by atoms with Gasteiger partial charge in [0.05, 0.1) is 17.9 Å². The number of likely N-dealkylation sites (N-methyl/N-ethyl adjacent to an activating group) is 1. The highest BCUT2D eigenvalue weighted by Gasteiger charge is 2.19. The largest absolute Gasteiger partial charge is 0.351 e. The third-order valence-electron chi connectivity index (χ3n) is 2.95. The van der Waals surface area contributed by atoms with Crippen molar-refractivity contribution >= 4 is 29.3 Å². The number of nitrogens with zero attached hydrogens (tertiary/aromatic N) is 2. The number of aromatic nitrogens is 1. The molecular weight excluding hydrogens is 302 g/mol. The average molecular weight is 319 g/mol. The normalized spacial score (nSPS) is 10.3. The molecule has 0 bridgehead atoms. The molecule has 7 heteroatoms. The molecule has 0 fully saturated rings. The predicted octanol–water partition coefficient (Wildman–Crippen LogP) is 2.42. The van der Waals surface area contributed by atoms with Crippen molar-refractivity contribution in [2.45, 2.75) is 11.8 Å². The van der Waals surface area contributed by atoms with Gasteiger partial charge >= 0.3 is 0 Å². The number of benzene rings is 1. The number of anilines is 1. The van der Waals surface area contributed by atoms with E-state index in [1.165, 1.54) is 4.90 Å². The summed E-state index contributed by atoms with van der Waals surface area (Å²) in [5.41, 5.74) is 1.35. The first-order valence-corrected chi connectivity index (χ1v) is 7.85. The van der Waals surface area contributed by atoms with Gasteiger partial charge in [-0.2, -0.15) is 0 Å². The van der Waals surface area contributed by atoms with Gasteiger partial charge in [0.1, 0.15) is 0 Å². The summed E-state index contributed by atoms with van der Waals surface area (Å²) >= 11 is 1.54. The number of hydrogen-bond acceptors (Lipinski definition) is 5. The molecule has 0 spiro atoms. The highest BCUT2D eigenvalue weighted by molar-refractivity contribution is 7.98. The van der Waals surface area contributed by atoms with E-state index in [1.54, 1.807) is 31.8 Å². The van der Waals surface area contributed by atoms with E-state index in [9.17, 15) is 9.59 Å². The van der Waals surface area contributed by atoms with Gasteiger partial charge in [-0.3, -0.25) is 9.59 Å². The lowest BCUT2D eigenvalue weighted by atomic mass is 10.3. The molecule has 1 aromatic heterocycles. The van der Waals surface area contributed by atoms with Crippen LogP contribution in [0.4, 0.5) is 5.69 Å². The molecule has 0 saturated carbocycles. The fourth-order valence-corrected chi connectivity index (χ4v) is 2.43. The van der Waals surface area contributed by atoms with E-state index in [1.807, 2.05) is 30.5 Å². The lowest BCUT2D eigenvalue weighted by Crippen LogP contribution is -2.34. The molecule has 1 aromatic carbocycles. The van der Waals surface area contributed by atoms with Crippen LogP contribution in [0.2, 0.25) is 0 Å². The summed E-state index contributed by atoms with van der Waals surface area (Å²) in [6, 6.07) is 9.04. The third kappa shape index (κ3) is 3.88. The van der Waals surface area contributed by atoms with Crippen molar-refractivity contribution in [3.05, 3.63) is 41.8 Å². The summed E-state index contributed by atoms with van der Waals surface area (Å²) in [5.74, 6) is -0.528. The molecule has 0 aliphatic rings. The molecule has 0 saturated heterocycles. The molecule has 0 atom stereocenters. The van der Waals surface area contributed by atoms with Crippen LogP contribution in [-0.2, 0) is 4.79 Å². The van der Waals surface area contributed by atoms with Crippen LogP contribution in [0.5, 0.6) is 0 Å². The first-order chi connectivity index (χ1) is 10.5. The van der Waals surface area contributed by atoms with Crippen LogP contribution in [0.1, 0.15) is 16.2 Å². The molecule has 1 N–H and O–H groups in total. The predicted molar refractivity (Wildman–Crippen MR) is 85.1 cm³/mol. The molecule has 0 aliphatic heterocycles. The molecule has 0 radical (unpaired) electrons. The van der Waals surface area contributed by atoms with Crippen LogP contribution in [0.25, 0.3) is 0 Å². The SMILES string of the molecule is CSc1ccccc1NC(=O)CN(C)C(=O)c1cc(C)no1. The summed E-state index contributed by atoms with van der Waals surface area (Å²) in [6.07, 6.45) is 1.94. The van der Waals surface area contributed by atoms with Crippen molar-refractivity contribution in [3.8, 4) is 0 Å². The van der Waals surface area contributed by atoms with Crippen molar-refractivity contribution in [3.63, 3.8) is 0 Å². The number of carbonyl (C=O) groups is 2. The summed E-state index contributed by atoms with van der Waals surface area (Å²) < 4.78 is 4.91. The zero-order valence-corrected chi connectivity index (χ0v) is 13.4. The van der Waals surface area contributed by atoms with E-state index in [2.05, 4.69) is 10.5 Å². The molecular formula is C15H17N3O3S. The van der Waals surface area contributed by atoms with Gasteiger partial charge in [0.2, 0.25) is 11.7 Å². The van der Waals surface area contributed by atoms with Gasteiger partial charge in [0.25, 0.3) is 5.91 Å². The van der Waals surface area contributed by atoms with E-state index >= 15 is 0 Å². The number of amides is 2. The van der Waals surface area contributed by atoms with E-state index in [-0.39, 0.29) is 24.1 Å². The molecule has 1 heterocycles. The number of hydrogen-bond donors (Lipinski definition) is 1. The number of thioether (sulfide) groups is 1. The van der Waals surface area contributed by atoms with Crippen molar-refractivity contribution in [1.29, 1.82) is 0 Å². The van der Waals surface area contributed by atoms with Gasteiger partial charge in [-0.1, -0.05) is 17.3 Å². The minimum absolute atomic E-state index is 0.0682. The van der Waals surface area contributed by atoms with Crippen LogP contribution in [-0.4, -0.2) is 41.7 Å². The van der Waals surface area contributed by atoms with Crippen LogP contribution in [0.3, 0.4) is 0 Å². The Morgan fingerprint density at radius 1 is 1.36 bits per heavy atom. The topological polar surface area (TPSA) is 75.4 Å². The van der Waals surface area contributed by atoms with Crippen molar-refractivity contribution < 1.29 is 14.1 Å². The standard InChI is InChI=1S/C15H17N3O3S/c1-10-8-12(21-17-10)15(20)18(2)9-14(19)16-11-6-4-5-7-13(11)22-3/h4-8H,9H2,1-3H3,(H,16,19). The highest BCUT2D eigenvalue weighted by atomic mass is 32.2. The maximum Gasteiger partial charge on any atom is 0.292 e. The van der Waals surface area contributed by atoms with E-state index in [0.717, 1.165) is 10.6 Å². The highest BCUT2D eigenvalue weighted by Crippen LogP contribution is 2.24. The minimum Gasteiger partial charge on any atom is -0.351 e. The molecule has 6 nitrogen and oxygen atoms in total. The number of nitrogens with one attached hydrogen (secondary N) is 1. The Bertz CT molecular complexity index is 684. The van der Waals surface area contributed by atoms with Crippen molar-refractivity contribution in [1.82, 2.24) is 10.1 Å². The number of carbonyl (C=O) groups excluding carboxylic acids is 2. The van der Waals surface area contributed by atoms with Crippen LogP contribution in [0.15, 0.2) is 39.8 Å². The van der Waals surface area contributed by atoms with Crippen LogP contribution in [0, 0.1) is 6.92 Å². The van der Waals surface area contributed by atoms with Gasteiger partial charge in [-0.05, 0) is 25.3 Å². The molecule has 0 aliphatic carbocycles. The third-order valence-corrected chi connectivity index (χ3v) is 3.74. The van der Waals surface area contributed by atoms with Gasteiger partial charge in [-0.25, -0.2) is 0 Å². The maximum absolute atomic E-state index is 12.1. The second-order valence-electron chi connectivity index (χ2n) is 4.74. The summed E-state index contributed by atoms with van der Waals surface area (Å²) in [4.78, 5) is 26.4. The Kier molecular flexibility index (Phi) is 5.21. The zero-order chi connectivity index (χ0) is 16.1. The van der Waals surface area contributed by atoms with Crippen molar-refractivity contribution in [2.24, 2.45) is 0 Å². The Labute approximate surface area is 132 Å². The van der Waals surface area contributed by atoms with Crippen LogP contribution < -0.4 is 5.32 Å². The van der Waals surface area contributed by atoms with Gasteiger partial charge in [-0.15, -0.1) is 11.8 Å². The number of aryl methyl sites for hydroxylation is 1.